The highest BCUT2D eigenvalue weighted by Gasteiger charge is 2.41. The molecule has 4 aliphatic rings. The summed E-state index contributed by atoms with van der Waals surface area (Å²) in [4.78, 5) is 2.53. The van der Waals surface area contributed by atoms with Gasteiger partial charge in [0.1, 0.15) is 0 Å². The second-order valence-electron chi connectivity index (χ2n) is 17.9. The molecule has 6 aromatic carbocycles. The maximum atomic E-state index is 2.53. The zero-order valence-electron chi connectivity index (χ0n) is 32.8. The van der Waals surface area contributed by atoms with Crippen molar-refractivity contribution in [1.82, 2.24) is 0 Å². The van der Waals surface area contributed by atoms with Gasteiger partial charge in [-0.05, 0) is 136 Å². The molecule has 276 valence electrons. The first-order valence-corrected chi connectivity index (χ1v) is 21.4. The Bertz CT molecular complexity index is 2270. The highest BCUT2D eigenvalue weighted by atomic mass is 15.1. The van der Waals surface area contributed by atoms with Gasteiger partial charge in [-0.15, -0.1) is 0 Å². The predicted octanol–water partition coefficient (Wildman–Crippen LogP) is 15.1. The zero-order valence-corrected chi connectivity index (χ0v) is 32.8. The van der Waals surface area contributed by atoms with E-state index in [1.54, 1.807) is 5.56 Å². The third-order valence-electron chi connectivity index (χ3n) is 14.6. The zero-order chi connectivity index (χ0) is 37.0. The number of hydrogen-bond donors (Lipinski definition) is 0. The van der Waals surface area contributed by atoms with Crippen molar-refractivity contribution in [1.29, 1.82) is 0 Å². The Morgan fingerprint density at radius 2 is 1.15 bits per heavy atom. The molecule has 10 rings (SSSR count). The van der Waals surface area contributed by atoms with Crippen molar-refractivity contribution >= 4 is 17.1 Å². The number of nitrogens with zero attached hydrogens (tertiary/aromatic N) is 1. The van der Waals surface area contributed by atoms with Crippen LogP contribution in [0.3, 0.4) is 0 Å². The first-order chi connectivity index (χ1) is 27.0. The maximum absolute atomic E-state index is 2.53. The van der Waals surface area contributed by atoms with Crippen molar-refractivity contribution in [3.05, 3.63) is 173 Å². The Morgan fingerprint density at radius 1 is 0.509 bits per heavy atom. The van der Waals surface area contributed by atoms with Gasteiger partial charge in [-0.1, -0.05) is 162 Å². The molecule has 0 spiro atoms. The molecule has 3 saturated carbocycles. The molecule has 2 bridgehead atoms. The molecule has 0 radical (unpaired) electrons. The molecule has 4 aliphatic carbocycles. The lowest BCUT2D eigenvalue weighted by Crippen LogP contribution is -2.29. The van der Waals surface area contributed by atoms with E-state index in [4.69, 9.17) is 0 Å². The molecule has 0 heterocycles. The van der Waals surface area contributed by atoms with Crippen LogP contribution in [0.1, 0.15) is 118 Å². The molecule has 1 nitrogen and oxygen atoms in total. The van der Waals surface area contributed by atoms with Crippen LogP contribution in [0.25, 0.3) is 22.3 Å². The summed E-state index contributed by atoms with van der Waals surface area (Å²) >= 11 is 0. The van der Waals surface area contributed by atoms with Crippen LogP contribution < -0.4 is 4.90 Å². The van der Waals surface area contributed by atoms with E-state index >= 15 is 0 Å². The monoisotopic (exact) mass is 717 g/mol. The second-order valence-corrected chi connectivity index (χ2v) is 17.9. The van der Waals surface area contributed by atoms with Crippen LogP contribution in [0, 0.1) is 11.8 Å². The standard InChI is InChI=1S/C54H55N/c1-53(2)50-20-14-19-47(39-15-8-6-9-16-39)52(50)48-32-31-46(37-51(48)53)55(44-27-23-40(24-28-44)49-36-38-21-22-41(49)35-38)45-29-25-43(26-30-45)54(42-17-10-7-11-18-42)33-12-4-3-5-13-34-54/h6-11,14-20,23-32,37-38,41,49H,3-5,12-13,21-22,33-36H2,1-2H3. The van der Waals surface area contributed by atoms with Gasteiger partial charge < -0.3 is 4.90 Å². The fourth-order valence-electron chi connectivity index (χ4n) is 11.7. The van der Waals surface area contributed by atoms with Gasteiger partial charge in [-0.3, -0.25) is 0 Å². The summed E-state index contributed by atoms with van der Waals surface area (Å²) in [5.41, 5.74) is 16.3. The molecule has 0 amide bonds. The topological polar surface area (TPSA) is 3.24 Å². The van der Waals surface area contributed by atoms with Gasteiger partial charge in [0, 0.05) is 27.9 Å². The lowest BCUT2D eigenvalue weighted by atomic mass is 9.67. The summed E-state index contributed by atoms with van der Waals surface area (Å²) in [6.45, 7) is 4.83. The van der Waals surface area contributed by atoms with E-state index in [-0.39, 0.29) is 10.8 Å². The van der Waals surface area contributed by atoms with Crippen molar-refractivity contribution in [3.63, 3.8) is 0 Å². The van der Waals surface area contributed by atoms with Crippen LogP contribution in [-0.2, 0) is 10.8 Å². The number of benzene rings is 6. The van der Waals surface area contributed by atoms with Crippen molar-refractivity contribution < 1.29 is 0 Å². The highest BCUT2D eigenvalue weighted by molar-refractivity contribution is 5.94. The van der Waals surface area contributed by atoms with Crippen molar-refractivity contribution in [2.75, 3.05) is 4.90 Å². The minimum absolute atomic E-state index is 0.0627. The summed E-state index contributed by atoms with van der Waals surface area (Å²) in [5, 5.41) is 0. The third-order valence-corrected chi connectivity index (χ3v) is 14.6. The van der Waals surface area contributed by atoms with Crippen LogP contribution in [0.2, 0.25) is 0 Å². The summed E-state index contributed by atoms with van der Waals surface area (Å²) in [5.74, 6) is 2.56. The average molecular weight is 718 g/mol. The molecule has 3 unspecified atom stereocenters. The number of hydrogen-bond acceptors (Lipinski definition) is 1. The predicted molar refractivity (Wildman–Crippen MR) is 232 cm³/mol. The minimum Gasteiger partial charge on any atom is -0.310 e. The Morgan fingerprint density at radius 3 is 1.82 bits per heavy atom. The normalized spacial score (nSPS) is 22.0. The van der Waals surface area contributed by atoms with E-state index in [2.05, 4.69) is 164 Å². The van der Waals surface area contributed by atoms with Gasteiger partial charge in [-0.2, -0.15) is 0 Å². The summed E-state index contributed by atoms with van der Waals surface area (Å²) in [6.07, 6.45) is 14.7. The van der Waals surface area contributed by atoms with Crippen molar-refractivity contribution in [3.8, 4) is 22.3 Å². The molecule has 3 atom stereocenters. The first-order valence-electron chi connectivity index (χ1n) is 21.4. The molecular weight excluding hydrogens is 663 g/mol. The number of rotatable bonds is 7. The molecule has 3 fully saturated rings. The van der Waals surface area contributed by atoms with Gasteiger partial charge in [-0.25, -0.2) is 0 Å². The molecule has 0 aromatic heterocycles. The molecule has 55 heavy (non-hydrogen) atoms. The van der Waals surface area contributed by atoms with Gasteiger partial charge >= 0.3 is 0 Å². The Labute approximate surface area is 329 Å². The summed E-state index contributed by atoms with van der Waals surface area (Å²) in [6, 6.07) is 56.1. The maximum Gasteiger partial charge on any atom is 0.0465 e. The van der Waals surface area contributed by atoms with Crippen molar-refractivity contribution in [2.45, 2.75) is 101 Å². The van der Waals surface area contributed by atoms with E-state index in [0.717, 1.165) is 17.8 Å². The average Bonchev–Trinajstić information content (AvgIpc) is 3.92. The van der Waals surface area contributed by atoms with Gasteiger partial charge in [0.05, 0.1) is 0 Å². The Kier molecular flexibility index (Phi) is 8.81. The van der Waals surface area contributed by atoms with E-state index < -0.39 is 0 Å². The molecule has 0 saturated heterocycles. The van der Waals surface area contributed by atoms with Crippen LogP contribution in [-0.4, -0.2) is 0 Å². The van der Waals surface area contributed by atoms with Crippen molar-refractivity contribution in [2.24, 2.45) is 11.8 Å². The van der Waals surface area contributed by atoms with Gasteiger partial charge in [0.2, 0.25) is 0 Å². The number of anilines is 3. The quantitative estimate of drug-likeness (QED) is 0.159. The third kappa shape index (κ3) is 5.97. The highest BCUT2D eigenvalue weighted by Crippen LogP contribution is 2.55. The second kappa shape index (κ2) is 14.0. The van der Waals surface area contributed by atoms with Gasteiger partial charge in [0.25, 0.3) is 0 Å². The van der Waals surface area contributed by atoms with E-state index in [9.17, 15) is 0 Å². The molecule has 6 aromatic rings. The summed E-state index contributed by atoms with van der Waals surface area (Å²) in [7, 11) is 0. The number of fused-ring (bicyclic) bond motifs is 5. The SMILES string of the molecule is CC1(C)c2cc(N(c3ccc(C4CC5CCC4C5)cc3)c3ccc(C4(c5ccccc5)CCCCCCC4)cc3)ccc2-c2c(-c3ccccc3)cccc21. The smallest absolute Gasteiger partial charge is 0.0465 e. The Hall–Kier alpha value is -4.88. The lowest BCUT2D eigenvalue weighted by Gasteiger charge is -2.37. The first kappa shape index (κ1) is 34.6. The van der Waals surface area contributed by atoms with Crippen LogP contribution >= 0.6 is 0 Å². The van der Waals surface area contributed by atoms with E-state index in [1.807, 2.05) is 0 Å². The van der Waals surface area contributed by atoms with E-state index in [1.165, 1.54) is 132 Å². The van der Waals surface area contributed by atoms with Gasteiger partial charge in [0.15, 0.2) is 0 Å². The van der Waals surface area contributed by atoms with Crippen LogP contribution in [0.5, 0.6) is 0 Å². The largest absolute Gasteiger partial charge is 0.310 e. The minimum atomic E-state index is -0.118. The fraction of sp³-hybridized carbons (Fsp3) is 0.333. The van der Waals surface area contributed by atoms with Crippen LogP contribution in [0.15, 0.2) is 146 Å². The molecule has 1 heteroatoms. The summed E-state index contributed by atoms with van der Waals surface area (Å²) < 4.78 is 0. The molecule has 0 aliphatic heterocycles. The van der Waals surface area contributed by atoms with Crippen LogP contribution in [0.4, 0.5) is 17.1 Å². The van der Waals surface area contributed by atoms with E-state index in [0.29, 0.717) is 0 Å². The Balaban J connectivity index is 1.08. The molecule has 0 N–H and O–H groups in total. The lowest BCUT2D eigenvalue weighted by molar-refractivity contribution is 0.366. The molecular formula is C54H55N. The fourth-order valence-corrected chi connectivity index (χ4v) is 11.7.